The van der Waals surface area contributed by atoms with Gasteiger partial charge in [0.1, 0.15) is 6.04 Å². The molecule has 1 aliphatic heterocycles. The minimum absolute atomic E-state index is 0.0263. The van der Waals surface area contributed by atoms with E-state index in [4.69, 9.17) is 4.74 Å². The number of carbonyl (C=O) groups is 4. The molecule has 1 heterocycles. The number of nitro groups is 1. The number of benzene rings is 1. The Kier molecular flexibility index (Phi) is 6.47. The summed E-state index contributed by atoms with van der Waals surface area (Å²) < 4.78 is 5.22. The fourth-order valence-electron chi connectivity index (χ4n) is 5.40. The number of nitrogens with zero attached hydrogens (tertiary/aromatic N) is 2. The number of non-ortho nitro benzene ring substituents is 1. The van der Waals surface area contributed by atoms with Crippen LogP contribution < -0.4 is 0 Å². The molecule has 1 aromatic rings. The van der Waals surface area contributed by atoms with Crippen LogP contribution in [0.15, 0.2) is 24.3 Å². The van der Waals surface area contributed by atoms with Gasteiger partial charge in [-0.3, -0.25) is 29.4 Å². The summed E-state index contributed by atoms with van der Waals surface area (Å²) in [6.45, 7) is 2.84. The number of imide groups is 1. The average molecular weight is 586 g/mol. The summed E-state index contributed by atoms with van der Waals surface area (Å²) in [5.74, 6) is -3.31. The van der Waals surface area contributed by atoms with Gasteiger partial charge in [-0.25, -0.2) is 4.79 Å². The van der Waals surface area contributed by atoms with Gasteiger partial charge < -0.3 is 4.74 Å². The Morgan fingerprint density at radius 3 is 2.06 bits per heavy atom. The van der Waals surface area contributed by atoms with Crippen molar-refractivity contribution in [2.24, 2.45) is 29.6 Å². The zero-order valence-corrected chi connectivity index (χ0v) is 21.0. The van der Waals surface area contributed by atoms with Crippen LogP contribution in [-0.2, 0) is 19.1 Å². The van der Waals surface area contributed by atoms with Crippen molar-refractivity contribution in [3.63, 3.8) is 0 Å². The molecule has 3 aliphatic rings. The third kappa shape index (κ3) is 3.92. The molecule has 9 nitrogen and oxygen atoms in total. The van der Waals surface area contributed by atoms with Crippen molar-refractivity contribution in [2.75, 3.05) is 6.61 Å². The molecule has 2 amide bonds. The zero-order chi connectivity index (χ0) is 24.2. The van der Waals surface area contributed by atoms with Gasteiger partial charge in [-0.2, -0.15) is 0 Å². The smallest absolute Gasteiger partial charge is 0.330 e. The van der Waals surface area contributed by atoms with E-state index in [-0.39, 0.29) is 44.6 Å². The fraction of sp³-hybridized carbons (Fsp3) is 0.545. The van der Waals surface area contributed by atoms with E-state index >= 15 is 0 Å². The number of hydrogen-bond donors (Lipinski definition) is 0. The highest BCUT2D eigenvalue weighted by molar-refractivity contribution is 9.12. The lowest BCUT2D eigenvalue weighted by atomic mass is 9.81. The summed E-state index contributed by atoms with van der Waals surface area (Å²) in [5.41, 5.74) is -0.00826. The maximum absolute atomic E-state index is 13.3. The molecule has 33 heavy (non-hydrogen) atoms. The van der Waals surface area contributed by atoms with Crippen molar-refractivity contribution in [3.8, 4) is 0 Å². The highest BCUT2D eigenvalue weighted by Gasteiger charge is 2.67. The minimum atomic E-state index is -1.12. The molecule has 1 aromatic carbocycles. The SMILES string of the molecule is CC(C)[C@H](C(=O)OCC(=O)c1ccc([N+](=O)[O-])cc1)N1C(=O)[C@@H]2[C@@H]3C[C@H]([C@H](Br)[C@@H]3Br)[C@@H]2C1=O. The number of likely N-dealkylation sites (tertiary alicyclic amines) is 1. The van der Waals surface area contributed by atoms with Crippen LogP contribution in [0.1, 0.15) is 30.6 Å². The molecule has 4 rings (SSSR count). The van der Waals surface area contributed by atoms with Crippen LogP contribution >= 0.6 is 31.9 Å². The lowest BCUT2D eigenvalue weighted by Crippen LogP contribution is -2.50. The minimum Gasteiger partial charge on any atom is -0.456 e. The van der Waals surface area contributed by atoms with Gasteiger partial charge >= 0.3 is 5.97 Å². The molecule has 7 atom stereocenters. The summed E-state index contributed by atoms with van der Waals surface area (Å²) in [6.07, 6.45) is 0.785. The lowest BCUT2D eigenvalue weighted by Gasteiger charge is -2.28. The zero-order valence-electron chi connectivity index (χ0n) is 17.9. The number of carbonyl (C=O) groups excluding carboxylic acids is 4. The lowest BCUT2D eigenvalue weighted by molar-refractivity contribution is -0.384. The molecule has 0 radical (unpaired) electrons. The molecule has 11 heteroatoms. The van der Waals surface area contributed by atoms with E-state index in [0.717, 1.165) is 11.3 Å². The van der Waals surface area contributed by atoms with Gasteiger partial charge in [-0.15, -0.1) is 0 Å². The first-order chi connectivity index (χ1) is 15.5. The second-order valence-corrected chi connectivity index (χ2v) is 11.2. The van der Waals surface area contributed by atoms with Gasteiger partial charge in [-0.1, -0.05) is 45.7 Å². The maximum atomic E-state index is 13.3. The Bertz CT molecular complexity index is 996. The number of rotatable bonds is 7. The summed E-state index contributed by atoms with van der Waals surface area (Å²) in [5, 5.41) is 10.8. The highest BCUT2D eigenvalue weighted by Crippen LogP contribution is 2.60. The van der Waals surface area contributed by atoms with Crippen LogP contribution in [0.25, 0.3) is 0 Å². The molecule has 0 unspecified atom stereocenters. The van der Waals surface area contributed by atoms with E-state index in [1.54, 1.807) is 13.8 Å². The predicted molar refractivity (Wildman–Crippen MR) is 123 cm³/mol. The van der Waals surface area contributed by atoms with E-state index in [2.05, 4.69) is 31.9 Å². The topological polar surface area (TPSA) is 124 Å². The average Bonchev–Trinajstić information content (AvgIpc) is 3.38. The Labute approximate surface area is 206 Å². The highest BCUT2D eigenvalue weighted by atomic mass is 79.9. The van der Waals surface area contributed by atoms with Gasteiger partial charge in [0.2, 0.25) is 11.8 Å². The van der Waals surface area contributed by atoms with Gasteiger partial charge in [0.15, 0.2) is 12.4 Å². The Balaban J connectivity index is 1.47. The van der Waals surface area contributed by atoms with Crippen molar-refractivity contribution < 1.29 is 28.8 Å². The van der Waals surface area contributed by atoms with Crippen molar-refractivity contribution in [2.45, 2.75) is 36.0 Å². The number of esters is 1. The molecule has 1 saturated heterocycles. The molecule has 0 spiro atoms. The third-order valence-electron chi connectivity index (χ3n) is 6.92. The normalized spacial score (nSPS) is 31.1. The quantitative estimate of drug-likeness (QED) is 0.120. The number of fused-ring (bicyclic) bond motifs is 5. The first-order valence-corrected chi connectivity index (χ1v) is 12.5. The van der Waals surface area contributed by atoms with E-state index in [1.807, 2.05) is 0 Å². The van der Waals surface area contributed by atoms with Crippen LogP contribution in [0.5, 0.6) is 0 Å². The van der Waals surface area contributed by atoms with E-state index < -0.39 is 47.1 Å². The summed E-state index contributed by atoms with van der Waals surface area (Å²) in [6, 6.07) is 3.82. The first-order valence-electron chi connectivity index (χ1n) is 10.6. The number of Topliss-reactive ketones (excluding diaryl/α,β-unsaturated/α-hetero) is 1. The van der Waals surface area contributed by atoms with Crippen molar-refractivity contribution >= 4 is 61.1 Å². The van der Waals surface area contributed by atoms with Crippen molar-refractivity contribution in [3.05, 3.63) is 39.9 Å². The molecule has 176 valence electrons. The van der Waals surface area contributed by atoms with Crippen LogP contribution in [0.3, 0.4) is 0 Å². The Morgan fingerprint density at radius 1 is 1.09 bits per heavy atom. The molecule has 0 aromatic heterocycles. The number of nitro benzene ring substituents is 1. The fourth-order valence-corrected chi connectivity index (χ4v) is 7.27. The molecule has 2 aliphatic carbocycles. The van der Waals surface area contributed by atoms with Crippen molar-refractivity contribution in [1.82, 2.24) is 4.90 Å². The van der Waals surface area contributed by atoms with Gasteiger partial charge in [0.25, 0.3) is 5.69 Å². The standard InChI is InChI=1S/C22H22Br2N2O7/c1-9(2)19(22(30)33-8-14(27)10-3-5-11(6-4-10)26(31)32)25-20(28)15-12-7-13(16(15)21(25)29)18(24)17(12)23/h3-6,9,12-13,15-19H,7-8H2,1-2H3/t12-,13-,15-,16+,17-,18+,19+/m0/s1. The van der Waals surface area contributed by atoms with Crippen molar-refractivity contribution in [1.29, 1.82) is 0 Å². The van der Waals surface area contributed by atoms with Gasteiger partial charge in [-0.05, 0) is 36.3 Å². The van der Waals surface area contributed by atoms with Crippen LogP contribution in [0.4, 0.5) is 5.69 Å². The predicted octanol–water partition coefficient (Wildman–Crippen LogP) is 3.12. The largest absolute Gasteiger partial charge is 0.456 e. The summed E-state index contributed by atoms with van der Waals surface area (Å²) in [7, 11) is 0. The van der Waals surface area contributed by atoms with Gasteiger partial charge in [0, 0.05) is 27.4 Å². The first kappa shape index (κ1) is 24.0. The van der Waals surface area contributed by atoms with Crippen LogP contribution in [0.2, 0.25) is 0 Å². The van der Waals surface area contributed by atoms with E-state index in [0.29, 0.717) is 0 Å². The molecule has 2 saturated carbocycles. The molecular weight excluding hydrogens is 564 g/mol. The summed E-state index contributed by atoms with van der Waals surface area (Å²) in [4.78, 5) is 63.3. The van der Waals surface area contributed by atoms with E-state index in [9.17, 15) is 29.3 Å². The van der Waals surface area contributed by atoms with Crippen LogP contribution in [0, 0.1) is 39.7 Å². The van der Waals surface area contributed by atoms with Gasteiger partial charge in [0.05, 0.1) is 16.8 Å². The Hall–Kier alpha value is -2.14. The number of amides is 2. The maximum Gasteiger partial charge on any atom is 0.330 e. The number of ether oxygens (including phenoxy) is 1. The van der Waals surface area contributed by atoms with Crippen LogP contribution in [-0.4, -0.2) is 55.7 Å². The molecule has 2 bridgehead atoms. The van der Waals surface area contributed by atoms with E-state index in [1.165, 1.54) is 24.3 Å². The molecular formula is C22H22Br2N2O7. The number of ketones is 1. The summed E-state index contributed by atoms with van der Waals surface area (Å²) >= 11 is 7.28. The second kappa shape index (κ2) is 8.90. The number of hydrogen-bond acceptors (Lipinski definition) is 7. The Morgan fingerprint density at radius 2 is 1.61 bits per heavy atom. The molecule has 0 N–H and O–H groups in total. The third-order valence-corrected chi connectivity index (χ3v) is 10.1. The second-order valence-electron chi connectivity index (χ2n) is 9.07. The molecule has 3 fully saturated rings. The number of alkyl halides is 2. The monoisotopic (exact) mass is 584 g/mol. The number of halogens is 2.